The lowest BCUT2D eigenvalue weighted by Crippen LogP contribution is -2.46. The molecule has 0 aliphatic heterocycles. The minimum absolute atomic E-state index is 3.23. The van der Waals surface area contributed by atoms with Crippen LogP contribution in [0.4, 0.5) is 17.6 Å². The van der Waals surface area contributed by atoms with Crippen molar-refractivity contribution >= 4 is 46.4 Å². The van der Waals surface area contributed by atoms with Gasteiger partial charge < -0.3 is 0 Å². The summed E-state index contributed by atoms with van der Waals surface area (Å²) in [5.41, 5.74) is 0. The molecule has 0 amide bonds. The van der Waals surface area contributed by atoms with Crippen LogP contribution in [0.15, 0.2) is 0 Å². The maximum atomic E-state index is 12.3. The first-order chi connectivity index (χ1) is 4.50. The van der Waals surface area contributed by atoms with Gasteiger partial charge in [-0.3, -0.25) is 0 Å². The van der Waals surface area contributed by atoms with Crippen molar-refractivity contribution in [1.29, 1.82) is 0 Å². The van der Waals surface area contributed by atoms with Crippen LogP contribution in [0.3, 0.4) is 0 Å². The lowest BCUT2D eigenvalue weighted by molar-refractivity contribution is -0.196. The molecule has 0 N–H and O–H groups in total. The van der Waals surface area contributed by atoms with Gasteiger partial charge in [-0.2, -0.15) is 13.2 Å². The van der Waals surface area contributed by atoms with Crippen molar-refractivity contribution in [2.24, 2.45) is 0 Å². The molecule has 68 valence electrons. The van der Waals surface area contributed by atoms with Gasteiger partial charge in [-0.25, -0.2) is 4.39 Å². The van der Waals surface area contributed by atoms with Crippen LogP contribution in [0.5, 0.6) is 0 Å². The predicted molar refractivity (Wildman–Crippen MR) is 36.0 cm³/mol. The number of hydrogen-bond acceptors (Lipinski definition) is 0. The first-order valence-corrected chi connectivity index (χ1v) is 3.52. The lowest BCUT2D eigenvalue weighted by atomic mass is 10.4. The van der Waals surface area contributed by atoms with Crippen molar-refractivity contribution in [1.82, 2.24) is 0 Å². The summed E-state index contributed by atoms with van der Waals surface area (Å²) >= 11 is 18.1. The quantitative estimate of drug-likeness (QED) is 0.455. The molecular formula is C3Cl4F4. The molecule has 0 fully saturated rings. The largest absolute Gasteiger partial charge is 0.441 e. The molecule has 0 spiro atoms. The summed E-state index contributed by atoms with van der Waals surface area (Å²) in [6.45, 7) is 0. The Morgan fingerprint density at radius 1 is 0.727 bits per heavy atom. The van der Waals surface area contributed by atoms with E-state index in [1.165, 1.54) is 0 Å². The van der Waals surface area contributed by atoms with E-state index in [1.54, 1.807) is 0 Å². The topological polar surface area (TPSA) is 0 Å². The molecule has 0 aromatic rings. The molecule has 0 rings (SSSR count). The number of rotatable bonds is 0. The van der Waals surface area contributed by atoms with Crippen LogP contribution in [0.2, 0.25) is 0 Å². The summed E-state index contributed by atoms with van der Waals surface area (Å²) < 4.78 is 43.8. The van der Waals surface area contributed by atoms with E-state index in [-0.39, 0.29) is 0 Å². The molecule has 0 aliphatic rings. The predicted octanol–water partition coefficient (Wildman–Crippen LogP) is 3.82. The van der Waals surface area contributed by atoms with E-state index in [2.05, 4.69) is 46.4 Å². The Morgan fingerprint density at radius 3 is 1.00 bits per heavy atom. The van der Waals surface area contributed by atoms with Gasteiger partial charge in [-0.05, 0) is 0 Å². The van der Waals surface area contributed by atoms with E-state index in [4.69, 9.17) is 0 Å². The molecule has 1 unspecified atom stereocenters. The zero-order valence-corrected chi connectivity index (χ0v) is 7.55. The molecular weight excluding hydrogens is 254 g/mol. The Morgan fingerprint density at radius 2 is 1.00 bits per heavy atom. The third kappa shape index (κ3) is 2.41. The summed E-state index contributed by atoms with van der Waals surface area (Å²) in [6, 6.07) is 0. The van der Waals surface area contributed by atoms with Crippen LogP contribution in [-0.4, -0.2) is 15.1 Å². The molecule has 0 nitrogen and oxygen atoms in total. The molecule has 11 heavy (non-hydrogen) atoms. The van der Waals surface area contributed by atoms with E-state index in [9.17, 15) is 17.6 Å². The van der Waals surface area contributed by atoms with E-state index in [1.807, 2.05) is 0 Å². The van der Waals surface area contributed by atoms with E-state index in [0.29, 0.717) is 0 Å². The Balaban J connectivity index is 4.75. The first kappa shape index (κ1) is 11.9. The third-order valence-electron chi connectivity index (χ3n) is 0.712. The molecule has 8 heteroatoms. The van der Waals surface area contributed by atoms with Gasteiger partial charge in [0.1, 0.15) is 0 Å². The Hall–Kier alpha value is 0.880. The van der Waals surface area contributed by atoms with Crippen molar-refractivity contribution < 1.29 is 17.6 Å². The fraction of sp³-hybridized carbons (Fsp3) is 1.00. The summed E-state index contributed by atoms with van der Waals surface area (Å²) in [5.74, 6) is 0. The molecule has 0 aromatic carbocycles. The maximum Gasteiger partial charge on any atom is 0.441 e. The normalized spacial score (nSPS) is 19.6. The van der Waals surface area contributed by atoms with Crippen LogP contribution >= 0.6 is 46.4 Å². The van der Waals surface area contributed by atoms with Crippen molar-refractivity contribution in [3.8, 4) is 0 Å². The maximum absolute atomic E-state index is 12.3. The van der Waals surface area contributed by atoms with Gasteiger partial charge in [0.05, 0.1) is 0 Å². The van der Waals surface area contributed by atoms with Gasteiger partial charge in [0.2, 0.25) is 3.79 Å². The highest BCUT2D eigenvalue weighted by atomic mass is 35.6. The van der Waals surface area contributed by atoms with E-state index >= 15 is 0 Å². The molecule has 0 heterocycles. The highest BCUT2D eigenvalue weighted by Crippen LogP contribution is 2.52. The second-order valence-corrected chi connectivity index (χ2v) is 4.37. The second kappa shape index (κ2) is 2.98. The van der Waals surface area contributed by atoms with Crippen LogP contribution in [0.25, 0.3) is 0 Å². The summed E-state index contributed by atoms with van der Waals surface area (Å²) in [4.78, 5) is 0. The van der Waals surface area contributed by atoms with Gasteiger partial charge >= 0.3 is 11.3 Å². The number of alkyl halides is 8. The van der Waals surface area contributed by atoms with Crippen molar-refractivity contribution in [2.45, 2.75) is 15.1 Å². The van der Waals surface area contributed by atoms with Gasteiger partial charge in [0, 0.05) is 0 Å². The van der Waals surface area contributed by atoms with Crippen LogP contribution in [0, 0.1) is 0 Å². The van der Waals surface area contributed by atoms with Gasteiger partial charge in [0.15, 0.2) is 0 Å². The highest BCUT2D eigenvalue weighted by molar-refractivity contribution is 6.70. The molecule has 0 saturated heterocycles. The number of hydrogen-bond donors (Lipinski definition) is 0. The molecule has 0 aliphatic carbocycles. The van der Waals surface area contributed by atoms with Gasteiger partial charge in [0.25, 0.3) is 0 Å². The zero-order valence-electron chi connectivity index (χ0n) is 4.52. The van der Waals surface area contributed by atoms with Crippen LogP contribution in [-0.2, 0) is 0 Å². The number of halogens is 8. The first-order valence-electron chi connectivity index (χ1n) is 2.01. The van der Waals surface area contributed by atoms with Gasteiger partial charge in [-0.15, -0.1) is 0 Å². The van der Waals surface area contributed by atoms with Crippen molar-refractivity contribution in [2.75, 3.05) is 0 Å². The van der Waals surface area contributed by atoms with Crippen molar-refractivity contribution in [3.63, 3.8) is 0 Å². The minimum atomic E-state index is -5.42. The Labute approximate surface area is 79.3 Å². The van der Waals surface area contributed by atoms with Crippen LogP contribution in [0.1, 0.15) is 0 Å². The average molecular weight is 254 g/mol. The molecule has 0 bridgehead atoms. The zero-order chi connectivity index (χ0) is 9.50. The van der Waals surface area contributed by atoms with Gasteiger partial charge in [-0.1, -0.05) is 46.4 Å². The third-order valence-corrected chi connectivity index (χ3v) is 2.28. The smallest absolute Gasteiger partial charge is 0.211 e. The summed E-state index contributed by atoms with van der Waals surface area (Å²) in [6.07, 6.45) is -5.42. The standard InChI is InChI=1S/C3Cl4F4/c4-1(8,2(5,6)7)3(9,10)11. The fourth-order valence-corrected chi connectivity index (χ4v) is 0.482. The second-order valence-electron chi connectivity index (χ2n) is 1.57. The van der Waals surface area contributed by atoms with E-state index in [0.717, 1.165) is 0 Å². The SMILES string of the molecule is FC(F)(F)C(F)(Cl)C(Cl)(Cl)Cl. The van der Waals surface area contributed by atoms with E-state index < -0.39 is 15.1 Å². The molecule has 1 atom stereocenters. The highest BCUT2D eigenvalue weighted by Gasteiger charge is 2.67. The Kier molecular flexibility index (Phi) is 3.22. The molecule has 0 aromatic heterocycles. The molecule has 0 radical (unpaired) electrons. The lowest BCUT2D eigenvalue weighted by Gasteiger charge is -2.27. The Bertz CT molecular complexity index is 128. The fourth-order valence-electron chi connectivity index (χ4n) is 0.161. The summed E-state index contributed by atoms with van der Waals surface area (Å²) in [7, 11) is 0. The monoisotopic (exact) mass is 252 g/mol. The molecule has 0 saturated carbocycles. The average Bonchev–Trinajstić information content (AvgIpc) is 1.58. The van der Waals surface area contributed by atoms with Crippen molar-refractivity contribution in [3.05, 3.63) is 0 Å². The summed E-state index contributed by atoms with van der Waals surface area (Å²) in [5, 5.41) is -4.36. The minimum Gasteiger partial charge on any atom is -0.211 e. The van der Waals surface area contributed by atoms with Crippen LogP contribution < -0.4 is 0 Å².